The van der Waals surface area contributed by atoms with Crippen LogP contribution >= 0.6 is 15.9 Å². The number of hydrogen-bond acceptors (Lipinski definition) is 4. The number of fused-ring (bicyclic) bond motifs is 1. The number of unbranched alkanes of at least 4 members (excludes halogenated alkanes) is 2. The zero-order valence-corrected chi connectivity index (χ0v) is 15.8. The number of nitrogens with one attached hydrogen (secondary N) is 1. The highest BCUT2D eigenvalue weighted by Gasteiger charge is 2.04. The van der Waals surface area contributed by atoms with Crippen LogP contribution in [0.1, 0.15) is 25.7 Å². The number of benzene rings is 2. The van der Waals surface area contributed by atoms with E-state index in [4.69, 9.17) is 4.74 Å². The molecule has 2 rings (SSSR count). The van der Waals surface area contributed by atoms with E-state index in [-0.39, 0.29) is 18.5 Å². The van der Waals surface area contributed by atoms with E-state index in [0.717, 1.165) is 34.5 Å². The van der Waals surface area contributed by atoms with Crippen LogP contribution in [0.3, 0.4) is 0 Å². The number of esters is 1. The fourth-order valence-corrected chi connectivity index (χ4v) is 2.76. The van der Waals surface area contributed by atoms with Gasteiger partial charge in [-0.25, -0.2) is 0 Å². The molecule has 5 nitrogen and oxygen atoms in total. The molecule has 2 aromatic carbocycles. The van der Waals surface area contributed by atoms with Gasteiger partial charge < -0.3 is 14.8 Å². The van der Waals surface area contributed by atoms with Crippen molar-refractivity contribution in [2.75, 3.05) is 20.3 Å². The quantitative estimate of drug-likeness (QED) is 0.506. The number of hydrogen-bond donors (Lipinski definition) is 1. The molecule has 1 N–H and O–H groups in total. The molecule has 0 saturated heterocycles. The molecule has 0 heterocycles. The second kappa shape index (κ2) is 10.0. The third kappa shape index (κ3) is 6.74. The van der Waals surface area contributed by atoms with Gasteiger partial charge in [-0.1, -0.05) is 34.5 Å². The summed E-state index contributed by atoms with van der Waals surface area (Å²) >= 11 is 3.44. The van der Waals surface area contributed by atoms with Crippen LogP contribution in [0.2, 0.25) is 0 Å². The zero-order valence-electron chi connectivity index (χ0n) is 14.2. The van der Waals surface area contributed by atoms with Crippen LogP contribution in [0.5, 0.6) is 5.75 Å². The predicted octanol–water partition coefficient (Wildman–Crippen LogP) is 3.83. The largest absolute Gasteiger partial charge is 0.484 e. The molecule has 0 fully saturated rings. The van der Waals surface area contributed by atoms with Crippen molar-refractivity contribution in [3.63, 3.8) is 0 Å². The first-order valence-corrected chi connectivity index (χ1v) is 9.03. The van der Waals surface area contributed by atoms with Crippen molar-refractivity contribution in [3.05, 3.63) is 40.9 Å². The molecule has 6 heteroatoms. The minimum absolute atomic E-state index is 0.00973. The Labute approximate surface area is 155 Å². The van der Waals surface area contributed by atoms with E-state index < -0.39 is 0 Å². The lowest BCUT2D eigenvalue weighted by Crippen LogP contribution is -2.29. The van der Waals surface area contributed by atoms with Crippen LogP contribution in [0.4, 0.5) is 0 Å². The van der Waals surface area contributed by atoms with Crippen molar-refractivity contribution in [3.8, 4) is 5.75 Å². The Hall–Kier alpha value is -2.08. The Morgan fingerprint density at radius 1 is 1.04 bits per heavy atom. The Kier molecular flexibility index (Phi) is 7.73. The maximum atomic E-state index is 11.8. The highest BCUT2D eigenvalue weighted by molar-refractivity contribution is 9.10. The zero-order chi connectivity index (χ0) is 18.1. The molecule has 25 heavy (non-hydrogen) atoms. The predicted molar refractivity (Wildman–Crippen MR) is 101 cm³/mol. The van der Waals surface area contributed by atoms with Crippen molar-refractivity contribution in [2.24, 2.45) is 0 Å². The minimum Gasteiger partial charge on any atom is -0.484 e. The van der Waals surface area contributed by atoms with Gasteiger partial charge in [0.15, 0.2) is 6.61 Å². The van der Waals surface area contributed by atoms with E-state index in [0.29, 0.717) is 18.7 Å². The normalized spacial score (nSPS) is 10.5. The standard InChI is InChI=1S/C19H22BrNO4/c1-24-19(23)5-3-2-4-10-21-18(22)13-25-17-9-7-14-11-16(20)8-6-15(14)12-17/h6-9,11-12H,2-5,10,13H2,1H3,(H,21,22). The van der Waals surface area contributed by atoms with Gasteiger partial charge in [0.25, 0.3) is 5.91 Å². The molecular weight excluding hydrogens is 386 g/mol. The summed E-state index contributed by atoms with van der Waals surface area (Å²) in [6, 6.07) is 11.7. The summed E-state index contributed by atoms with van der Waals surface area (Å²) in [6.07, 6.45) is 2.89. The lowest BCUT2D eigenvalue weighted by molar-refractivity contribution is -0.140. The minimum atomic E-state index is -0.194. The first kappa shape index (κ1) is 19.2. The fourth-order valence-electron chi connectivity index (χ4n) is 2.39. The summed E-state index contributed by atoms with van der Waals surface area (Å²) in [5, 5.41) is 4.98. The lowest BCUT2D eigenvalue weighted by Gasteiger charge is -2.08. The van der Waals surface area contributed by atoms with Gasteiger partial charge >= 0.3 is 5.97 Å². The Morgan fingerprint density at radius 2 is 1.80 bits per heavy atom. The van der Waals surface area contributed by atoms with Crippen molar-refractivity contribution in [1.82, 2.24) is 5.32 Å². The van der Waals surface area contributed by atoms with Crippen LogP contribution in [0.15, 0.2) is 40.9 Å². The molecule has 0 radical (unpaired) electrons. The molecule has 0 aliphatic carbocycles. The number of amides is 1. The average molecular weight is 408 g/mol. The molecule has 1 amide bonds. The van der Waals surface area contributed by atoms with Crippen LogP contribution in [-0.4, -0.2) is 32.1 Å². The molecule has 0 aliphatic rings. The summed E-state index contributed by atoms with van der Waals surface area (Å²) in [5.41, 5.74) is 0. The van der Waals surface area contributed by atoms with E-state index in [1.54, 1.807) is 0 Å². The third-order valence-electron chi connectivity index (χ3n) is 3.75. The SMILES string of the molecule is COC(=O)CCCCCNC(=O)COc1ccc2cc(Br)ccc2c1. The number of rotatable bonds is 9. The van der Waals surface area contributed by atoms with E-state index >= 15 is 0 Å². The van der Waals surface area contributed by atoms with Gasteiger partial charge in [0.1, 0.15) is 5.75 Å². The number of carbonyl (C=O) groups is 2. The van der Waals surface area contributed by atoms with Crippen LogP contribution in [-0.2, 0) is 14.3 Å². The molecule has 0 unspecified atom stereocenters. The molecule has 0 saturated carbocycles. The number of halogens is 1. The van der Waals surface area contributed by atoms with Crippen molar-refractivity contribution in [2.45, 2.75) is 25.7 Å². The van der Waals surface area contributed by atoms with E-state index in [2.05, 4.69) is 26.0 Å². The summed E-state index contributed by atoms with van der Waals surface area (Å²) in [4.78, 5) is 22.8. The van der Waals surface area contributed by atoms with Crippen molar-refractivity contribution >= 4 is 38.6 Å². The highest BCUT2D eigenvalue weighted by atomic mass is 79.9. The maximum absolute atomic E-state index is 11.8. The highest BCUT2D eigenvalue weighted by Crippen LogP contribution is 2.24. The van der Waals surface area contributed by atoms with Gasteiger partial charge in [-0.3, -0.25) is 9.59 Å². The van der Waals surface area contributed by atoms with Gasteiger partial charge in [-0.2, -0.15) is 0 Å². The Balaban J connectivity index is 1.66. The van der Waals surface area contributed by atoms with Crippen molar-refractivity contribution in [1.29, 1.82) is 0 Å². The van der Waals surface area contributed by atoms with Gasteiger partial charge in [0, 0.05) is 17.4 Å². The topological polar surface area (TPSA) is 64.6 Å². The third-order valence-corrected chi connectivity index (χ3v) is 4.24. The average Bonchev–Trinajstić information content (AvgIpc) is 2.62. The summed E-state index contributed by atoms with van der Waals surface area (Å²) in [7, 11) is 1.39. The first-order valence-electron chi connectivity index (χ1n) is 8.24. The second-order valence-corrected chi connectivity index (χ2v) is 6.59. The molecular formula is C19H22BrNO4. The van der Waals surface area contributed by atoms with Gasteiger partial charge in [0.2, 0.25) is 0 Å². The smallest absolute Gasteiger partial charge is 0.305 e. The summed E-state index contributed by atoms with van der Waals surface area (Å²) < 4.78 is 11.1. The lowest BCUT2D eigenvalue weighted by atomic mass is 10.1. The molecule has 2 aromatic rings. The van der Waals surface area contributed by atoms with Crippen molar-refractivity contribution < 1.29 is 19.1 Å². The van der Waals surface area contributed by atoms with Gasteiger partial charge in [0.05, 0.1) is 7.11 Å². The summed E-state index contributed by atoms with van der Waals surface area (Å²) in [5.74, 6) is 0.326. The molecule has 0 aliphatic heterocycles. The molecule has 134 valence electrons. The maximum Gasteiger partial charge on any atom is 0.305 e. The fraction of sp³-hybridized carbons (Fsp3) is 0.368. The van der Waals surface area contributed by atoms with Crippen LogP contribution < -0.4 is 10.1 Å². The van der Waals surface area contributed by atoms with E-state index in [9.17, 15) is 9.59 Å². The molecule has 0 atom stereocenters. The first-order chi connectivity index (χ1) is 12.1. The monoisotopic (exact) mass is 407 g/mol. The molecule has 0 aromatic heterocycles. The Morgan fingerprint density at radius 3 is 2.60 bits per heavy atom. The number of ether oxygens (including phenoxy) is 2. The van der Waals surface area contributed by atoms with E-state index in [1.807, 2.05) is 36.4 Å². The number of methoxy groups -OCH3 is 1. The molecule has 0 bridgehead atoms. The van der Waals surface area contributed by atoms with Gasteiger partial charge in [-0.05, 0) is 47.9 Å². The number of carbonyl (C=O) groups excluding carboxylic acids is 2. The Bertz CT molecular complexity index is 732. The second-order valence-electron chi connectivity index (χ2n) is 5.68. The van der Waals surface area contributed by atoms with Crippen LogP contribution in [0, 0.1) is 0 Å². The van der Waals surface area contributed by atoms with Gasteiger partial charge in [-0.15, -0.1) is 0 Å². The van der Waals surface area contributed by atoms with Crippen LogP contribution in [0.25, 0.3) is 10.8 Å². The van der Waals surface area contributed by atoms with E-state index in [1.165, 1.54) is 7.11 Å². The summed E-state index contributed by atoms with van der Waals surface area (Å²) in [6.45, 7) is 0.569. The molecule has 0 spiro atoms.